The van der Waals surface area contributed by atoms with Gasteiger partial charge in [-0.25, -0.2) is 0 Å². The summed E-state index contributed by atoms with van der Waals surface area (Å²) in [5, 5.41) is 3.93. The molecule has 0 aliphatic carbocycles. The van der Waals surface area contributed by atoms with Gasteiger partial charge in [-0.2, -0.15) is 13.8 Å². The third-order valence-electron chi connectivity index (χ3n) is 1.89. The topological polar surface area (TPSA) is 42.0 Å². The lowest BCUT2D eigenvalue weighted by molar-refractivity contribution is 0.102. The highest BCUT2D eigenvalue weighted by molar-refractivity contribution is 9.11. The fourth-order valence-electron chi connectivity index (χ4n) is 1.13. The van der Waals surface area contributed by atoms with Gasteiger partial charge in [0, 0.05) is 5.38 Å². The van der Waals surface area contributed by atoms with Crippen LogP contribution in [0.5, 0.6) is 0 Å². The first-order valence-electron chi connectivity index (χ1n) is 4.43. The van der Waals surface area contributed by atoms with Crippen LogP contribution >= 0.6 is 27.3 Å². The zero-order valence-corrected chi connectivity index (χ0v) is 10.6. The summed E-state index contributed by atoms with van der Waals surface area (Å²) in [5.41, 5.74) is 0.240. The molecule has 0 atom stereocenters. The molecule has 2 aromatic rings. The number of carbonyl (C=O) groups is 1. The maximum atomic E-state index is 13.2. The van der Waals surface area contributed by atoms with Crippen molar-refractivity contribution in [3.8, 4) is 0 Å². The molecule has 0 fully saturated rings. The van der Waals surface area contributed by atoms with Gasteiger partial charge >= 0.3 is 0 Å². The van der Waals surface area contributed by atoms with Gasteiger partial charge in [-0.1, -0.05) is 0 Å². The SMILES string of the molecule is O=C(Nc1ccc(F)nc1F)c1csc(Br)c1. The largest absolute Gasteiger partial charge is 0.318 e. The maximum Gasteiger partial charge on any atom is 0.256 e. The first kappa shape index (κ1) is 12.1. The van der Waals surface area contributed by atoms with Gasteiger partial charge in [-0.15, -0.1) is 11.3 Å². The smallest absolute Gasteiger partial charge is 0.256 e. The van der Waals surface area contributed by atoms with Crippen molar-refractivity contribution >= 4 is 38.9 Å². The molecule has 0 saturated heterocycles. The number of halogens is 3. The minimum atomic E-state index is -1.05. The van der Waals surface area contributed by atoms with E-state index in [2.05, 4.69) is 26.2 Å². The number of hydrogen-bond donors (Lipinski definition) is 1. The van der Waals surface area contributed by atoms with Crippen molar-refractivity contribution in [1.29, 1.82) is 0 Å². The average Bonchev–Trinajstić information content (AvgIpc) is 2.69. The van der Waals surface area contributed by atoms with Gasteiger partial charge in [0.1, 0.15) is 0 Å². The van der Waals surface area contributed by atoms with Crippen LogP contribution in [0, 0.1) is 11.9 Å². The molecule has 1 amide bonds. The van der Waals surface area contributed by atoms with E-state index in [-0.39, 0.29) is 5.69 Å². The van der Waals surface area contributed by atoms with E-state index in [0.717, 1.165) is 15.9 Å². The van der Waals surface area contributed by atoms with Gasteiger partial charge in [-0.3, -0.25) is 4.79 Å². The number of nitrogens with one attached hydrogen (secondary N) is 1. The lowest BCUT2D eigenvalue weighted by Crippen LogP contribution is -2.12. The fraction of sp³-hybridized carbons (Fsp3) is 0. The molecular formula is C10H5BrF2N2OS. The molecule has 7 heteroatoms. The molecule has 0 radical (unpaired) electrons. The molecule has 2 rings (SSSR count). The Morgan fingerprint density at radius 2 is 2.18 bits per heavy atom. The molecule has 0 bridgehead atoms. The van der Waals surface area contributed by atoms with E-state index < -0.39 is 17.8 Å². The highest BCUT2D eigenvalue weighted by atomic mass is 79.9. The van der Waals surface area contributed by atoms with Crippen molar-refractivity contribution in [3.63, 3.8) is 0 Å². The van der Waals surface area contributed by atoms with E-state index in [0.29, 0.717) is 5.56 Å². The van der Waals surface area contributed by atoms with Crippen LogP contribution in [0.3, 0.4) is 0 Å². The van der Waals surface area contributed by atoms with E-state index in [4.69, 9.17) is 0 Å². The normalized spacial score (nSPS) is 10.3. The van der Waals surface area contributed by atoms with Crippen molar-refractivity contribution in [1.82, 2.24) is 4.98 Å². The number of rotatable bonds is 2. The van der Waals surface area contributed by atoms with Crippen LogP contribution in [-0.2, 0) is 0 Å². The average molecular weight is 319 g/mol. The van der Waals surface area contributed by atoms with E-state index >= 15 is 0 Å². The minimum absolute atomic E-state index is 0.154. The summed E-state index contributed by atoms with van der Waals surface area (Å²) < 4.78 is 26.5. The van der Waals surface area contributed by atoms with E-state index in [9.17, 15) is 13.6 Å². The predicted molar refractivity (Wildman–Crippen MR) is 64.1 cm³/mol. The van der Waals surface area contributed by atoms with Gasteiger partial charge in [-0.05, 0) is 34.1 Å². The number of aromatic nitrogens is 1. The molecule has 0 aliphatic rings. The van der Waals surface area contributed by atoms with Gasteiger partial charge in [0.2, 0.25) is 11.9 Å². The van der Waals surface area contributed by atoms with Crippen LogP contribution in [0.2, 0.25) is 0 Å². The molecule has 3 nitrogen and oxygen atoms in total. The van der Waals surface area contributed by atoms with E-state index in [1.807, 2.05) is 0 Å². The Morgan fingerprint density at radius 1 is 1.41 bits per heavy atom. The van der Waals surface area contributed by atoms with Crippen LogP contribution in [0.1, 0.15) is 10.4 Å². The first-order chi connectivity index (χ1) is 8.06. The minimum Gasteiger partial charge on any atom is -0.318 e. The van der Waals surface area contributed by atoms with E-state index in [1.165, 1.54) is 11.3 Å². The van der Waals surface area contributed by atoms with E-state index in [1.54, 1.807) is 11.4 Å². The Hall–Kier alpha value is -1.34. The van der Waals surface area contributed by atoms with Crippen molar-refractivity contribution in [2.75, 3.05) is 5.32 Å². The third kappa shape index (κ3) is 2.86. The maximum absolute atomic E-state index is 13.2. The molecule has 2 aromatic heterocycles. The number of anilines is 1. The standard InChI is InChI=1S/C10H5BrF2N2OS/c11-7-3-5(4-17-7)10(16)14-6-1-2-8(12)15-9(6)13/h1-4H,(H,14,16). The second kappa shape index (κ2) is 4.89. The number of pyridine rings is 1. The Bertz CT molecular complexity index is 573. The van der Waals surface area contributed by atoms with Crippen LogP contribution in [0.25, 0.3) is 0 Å². The Kier molecular flexibility index (Phi) is 3.49. The van der Waals surface area contributed by atoms with Crippen LogP contribution in [-0.4, -0.2) is 10.9 Å². The zero-order valence-electron chi connectivity index (χ0n) is 8.21. The van der Waals surface area contributed by atoms with Gasteiger partial charge in [0.15, 0.2) is 0 Å². The Morgan fingerprint density at radius 3 is 2.76 bits per heavy atom. The summed E-state index contributed by atoms with van der Waals surface area (Å²) in [6.45, 7) is 0. The van der Waals surface area contributed by atoms with Gasteiger partial charge < -0.3 is 5.32 Å². The van der Waals surface area contributed by atoms with Crippen molar-refractivity contribution < 1.29 is 13.6 Å². The first-order valence-corrected chi connectivity index (χ1v) is 6.11. The molecule has 88 valence electrons. The number of amides is 1. The molecule has 0 aromatic carbocycles. The Balaban J connectivity index is 2.18. The summed E-state index contributed by atoms with van der Waals surface area (Å²) in [4.78, 5) is 14.6. The summed E-state index contributed by atoms with van der Waals surface area (Å²) in [6, 6.07) is 3.70. The lowest BCUT2D eigenvalue weighted by atomic mass is 10.3. The Labute approximate surface area is 108 Å². The van der Waals surface area contributed by atoms with Crippen molar-refractivity contribution in [3.05, 3.63) is 44.8 Å². The van der Waals surface area contributed by atoms with Crippen LogP contribution in [0.4, 0.5) is 14.5 Å². The van der Waals surface area contributed by atoms with Crippen molar-refractivity contribution in [2.24, 2.45) is 0 Å². The number of thiophene rings is 1. The predicted octanol–water partition coefficient (Wildman–Crippen LogP) is 3.44. The van der Waals surface area contributed by atoms with Crippen LogP contribution in [0.15, 0.2) is 27.4 Å². The number of nitrogens with zero attached hydrogens (tertiary/aromatic N) is 1. The fourth-order valence-corrected chi connectivity index (χ4v) is 2.27. The summed E-state index contributed by atoms with van der Waals surface area (Å²) in [5.74, 6) is -2.45. The summed E-state index contributed by atoms with van der Waals surface area (Å²) in [6.07, 6.45) is 0. The van der Waals surface area contributed by atoms with Crippen LogP contribution < -0.4 is 5.32 Å². The second-order valence-corrected chi connectivity index (χ2v) is 5.36. The highest BCUT2D eigenvalue weighted by Gasteiger charge is 2.12. The molecular weight excluding hydrogens is 314 g/mol. The number of carbonyl (C=O) groups excluding carboxylic acids is 1. The molecule has 17 heavy (non-hydrogen) atoms. The van der Waals surface area contributed by atoms with Crippen molar-refractivity contribution in [2.45, 2.75) is 0 Å². The highest BCUT2D eigenvalue weighted by Crippen LogP contribution is 2.22. The summed E-state index contributed by atoms with van der Waals surface area (Å²) >= 11 is 4.55. The number of hydrogen-bond acceptors (Lipinski definition) is 3. The lowest BCUT2D eigenvalue weighted by Gasteiger charge is -2.03. The van der Waals surface area contributed by atoms with Gasteiger partial charge in [0.25, 0.3) is 5.91 Å². The zero-order chi connectivity index (χ0) is 12.4. The molecule has 0 unspecified atom stereocenters. The van der Waals surface area contributed by atoms with Gasteiger partial charge in [0.05, 0.1) is 15.0 Å². The summed E-state index contributed by atoms with van der Waals surface area (Å²) in [7, 11) is 0. The molecule has 2 heterocycles. The monoisotopic (exact) mass is 318 g/mol. The quantitative estimate of drug-likeness (QED) is 0.862. The molecule has 0 spiro atoms. The molecule has 0 saturated carbocycles. The molecule has 1 N–H and O–H groups in total. The molecule has 0 aliphatic heterocycles. The second-order valence-electron chi connectivity index (χ2n) is 3.07. The third-order valence-corrected chi connectivity index (χ3v) is 3.40.